The molecule has 0 fully saturated rings. The third-order valence-corrected chi connectivity index (χ3v) is 2.28. The van der Waals surface area contributed by atoms with E-state index in [0.29, 0.717) is 0 Å². The number of methoxy groups -OCH3 is 1. The molecule has 0 heterocycles. The molecule has 0 unspecified atom stereocenters. The smallest absolute Gasteiger partial charge is 0.328 e. The second-order valence-corrected chi connectivity index (χ2v) is 3.58. The van der Waals surface area contributed by atoms with Crippen molar-refractivity contribution >= 4 is 11.9 Å². The van der Waals surface area contributed by atoms with Gasteiger partial charge in [0.2, 0.25) is 0 Å². The Bertz CT molecular complexity index is 459. The van der Waals surface area contributed by atoms with E-state index in [-0.39, 0.29) is 12.0 Å². The van der Waals surface area contributed by atoms with E-state index in [1.807, 2.05) is 0 Å². The molecule has 0 aromatic heterocycles. The first-order valence-corrected chi connectivity index (χ1v) is 5.33. The molecule has 0 aliphatic heterocycles. The van der Waals surface area contributed by atoms with E-state index in [1.54, 1.807) is 0 Å². The molecular weight excluding hydrogens is 237 g/mol. The van der Waals surface area contributed by atoms with Crippen LogP contribution < -0.4 is 5.32 Å². The van der Waals surface area contributed by atoms with Gasteiger partial charge in [-0.15, -0.1) is 6.58 Å². The molecule has 0 saturated carbocycles. The number of carbonyl (C=O) groups excluding carboxylic acids is 2. The van der Waals surface area contributed by atoms with Gasteiger partial charge < -0.3 is 10.1 Å². The third kappa shape index (κ3) is 3.69. The average molecular weight is 251 g/mol. The fourth-order valence-corrected chi connectivity index (χ4v) is 1.39. The highest BCUT2D eigenvalue weighted by molar-refractivity contribution is 5.96. The minimum atomic E-state index is -0.816. The molecule has 1 rings (SSSR count). The second kappa shape index (κ2) is 6.54. The van der Waals surface area contributed by atoms with Crippen molar-refractivity contribution in [2.45, 2.75) is 12.5 Å². The summed E-state index contributed by atoms with van der Waals surface area (Å²) in [5, 5.41) is 2.46. The molecule has 1 aromatic carbocycles. The molecule has 0 aliphatic carbocycles. The highest BCUT2D eigenvalue weighted by Gasteiger charge is 2.20. The van der Waals surface area contributed by atoms with Crippen LogP contribution in [0.5, 0.6) is 0 Å². The summed E-state index contributed by atoms with van der Waals surface area (Å²) in [6.45, 7) is 3.49. The zero-order valence-electron chi connectivity index (χ0n) is 9.98. The van der Waals surface area contributed by atoms with E-state index in [1.165, 1.54) is 31.4 Å². The number of amides is 1. The van der Waals surface area contributed by atoms with Crippen LogP contribution in [0.1, 0.15) is 16.8 Å². The third-order valence-electron chi connectivity index (χ3n) is 2.28. The predicted octanol–water partition coefficient (Wildman–Crippen LogP) is 1.67. The van der Waals surface area contributed by atoms with Crippen LogP contribution in [0.4, 0.5) is 4.39 Å². The van der Waals surface area contributed by atoms with E-state index >= 15 is 0 Å². The van der Waals surface area contributed by atoms with Crippen molar-refractivity contribution in [1.82, 2.24) is 5.32 Å². The van der Waals surface area contributed by atoms with Crippen molar-refractivity contribution in [3.63, 3.8) is 0 Å². The van der Waals surface area contributed by atoms with Crippen molar-refractivity contribution in [1.29, 1.82) is 0 Å². The zero-order chi connectivity index (χ0) is 13.5. The van der Waals surface area contributed by atoms with Crippen LogP contribution in [0, 0.1) is 5.82 Å². The maximum absolute atomic E-state index is 12.9. The first kappa shape index (κ1) is 13.9. The van der Waals surface area contributed by atoms with Crippen molar-refractivity contribution in [2.24, 2.45) is 0 Å². The monoisotopic (exact) mass is 251 g/mol. The molecule has 1 atom stereocenters. The Kier molecular flexibility index (Phi) is 5.05. The Labute approximate surface area is 104 Å². The normalized spacial score (nSPS) is 11.4. The van der Waals surface area contributed by atoms with E-state index in [9.17, 15) is 14.0 Å². The van der Waals surface area contributed by atoms with E-state index in [2.05, 4.69) is 16.6 Å². The Morgan fingerprint density at radius 1 is 1.56 bits per heavy atom. The lowest BCUT2D eigenvalue weighted by molar-refractivity contribution is -0.142. The minimum Gasteiger partial charge on any atom is -0.467 e. The summed E-state index contributed by atoms with van der Waals surface area (Å²) in [7, 11) is 1.23. The van der Waals surface area contributed by atoms with E-state index in [0.717, 1.165) is 6.07 Å². The molecule has 0 radical (unpaired) electrons. The lowest BCUT2D eigenvalue weighted by Gasteiger charge is -2.14. The summed E-state index contributed by atoms with van der Waals surface area (Å²) in [6, 6.07) is 4.39. The fourth-order valence-electron chi connectivity index (χ4n) is 1.39. The van der Waals surface area contributed by atoms with Gasteiger partial charge in [0.25, 0.3) is 5.91 Å². The Morgan fingerprint density at radius 2 is 2.28 bits per heavy atom. The Hall–Kier alpha value is -2.17. The molecule has 96 valence electrons. The van der Waals surface area contributed by atoms with Gasteiger partial charge >= 0.3 is 5.97 Å². The Balaban J connectivity index is 2.78. The summed E-state index contributed by atoms with van der Waals surface area (Å²) < 4.78 is 17.5. The number of ether oxygens (including phenoxy) is 1. The van der Waals surface area contributed by atoms with Crippen LogP contribution in [0.2, 0.25) is 0 Å². The molecule has 1 aromatic rings. The number of nitrogens with one attached hydrogen (secondary N) is 1. The van der Waals surface area contributed by atoms with Gasteiger partial charge in [0.05, 0.1) is 7.11 Å². The maximum Gasteiger partial charge on any atom is 0.328 e. The Morgan fingerprint density at radius 3 is 2.83 bits per heavy atom. The predicted molar refractivity (Wildman–Crippen MR) is 64.5 cm³/mol. The van der Waals surface area contributed by atoms with Gasteiger partial charge in [-0.3, -0.25) is 4.79 Å². The number of hydrogen-bond acceptors (Lipinski definition) is 3. The molecule has 0 bridgehead atoms. The lowest BCUT2D eigenvalue weighted by atomic mass is 10.1. The maximum atomic E-state index is 12.9. The number of hydrogen-bond donors (Lipinski definition) is 1. The van der Waals surface area contributed by atoms with Crippen molar-refractivity contribution in [3.05, 3.63) is 48.3 Å². The van der Waals surface area contributed by atoms with Crippen LogP contribution in [0.25, 0.3) is 0 Å². The molecule has 1 amide bonds. The van der Waals surface area contributed by atoms with Crippen molar-refractivity contribution in [2.75, 3.05) is 7.11 Å². The van der Waals surface area contributed by atoms with Crippen LogP contribution in [0.3, 0.4) is 0 Å². The first-order chi connectivity index (χ1) is 8.58. The minimum absolute atomic E-state index is 0.146. The molecule has 4 nitrogen and oxygen atoms in total. The molecule has 0 saturated heterocycles. The fraction of sp³-hybridized carbons (Fsp3) is 0.231. The summed E-state index contributed by atoms with van der Waals surface area (Å²) >= 11 is 0. The van der Waals surface area contributed by atoms with Crippen LogP contribution >= 0.6 is 0 Å². The highest BCUT2D eigenvalue weighted by Crippen LogP contribution is 2.05. The largest absolute Gasteiger partial charge is 0.467 e. The van der Waals surface area contributed by atoms with Gasteiger partial charge in [-0.1, -0.05) is 12.1 Å². The topological polar surface area (TPSA) is 55.4 Å². The summed E-state index contributed by atoms with van der Waals surface area (Å²) in [5.74, 6) is -1.62. The molecule has 1 N–H and O–H groups in total. The number of halogens is 1. The summed E-state index contributed by atoms with van der Waals surface area (Å²) in [6.07, 6.45) is 1.74. The van der Waals surface area contributed by atoms with Gasteiger partial charge in [0.15, 0.2) is 0 Å². The van der Waals surface area contributed by atoms with E-state index in [4.69, 9.17) is 0 Å². The highest BCUT2D eigenvalue weighted by atomic mass is 19.1. The summed E-state index contributed by atoms with van der Waals surface area (Å²) in [5.41, 5.74) is 0.146. The molecular formula is C13H14FNO3. The molecule has 5 heteroatoms. The molecule has 18 heavy (non-hydrogen) atoms. The number of esters is 1. The van der Waals surface area contributed by atoms with Crippen molar-refractivity contribution < 1.29 is 18.7 Å². The number of carbonyl (C=O) groups is 2. The van der Waals surface area contributed by atoms with Gasteiger partial charge in [0, 0.05) is 5.56 Å². The van der Waals surface area contributed by atoms with E-state index < -0.39 is 23.7 Å². The van der Waals surface area contributed by atoms with Crippen LogP contribution in [0.15, 0.2) is 36.9 Å². The second-order valence-electron chi connectivity index (χ2n) is 3.58. The average Bonchev–Trinajstić information content (AvgIpc) is 2.37. The standard InChI is InChI=1S/C13H14FNO3/c1-3-5-11(13(17)18-2)15-12(16)9-6-4-7-10(14)8-9/h3-4,6-8,11H,1,5H2,2H3,(H,15,16)/t11-/m0/s1. The molecule has 0 spiro atoms. The van der Waals surface area contributed by atoms with Gasteiger partial charge in [-0.2, -0.15) is 0 Å². The number of rotatable bonds is 5. The van der Waals surface area contributed by atoms with Gasteiger partial charge in [-0.25, -0.2) is 9.18 Å². The first-order valence-electron chi connectivity index (χ1n) is 5.33. The van der Waals surface area contributed by atoms with Crippen LogP contribution in [-0.2, 0) is 9.53 Å². The summed E-state index contributed by atoms with van der Waals surface area (Å²) in [4.78, 5) is 23.2. The van der Waals surface area contributed by atoms with Crippen LogP contribution in [-0.4, -0.2) is 25.0 Å². The SMILES string of the molecule is C=CC[C@H](NC(=O)c1cccc(F)c1)C(=O)OC. The lowest BCUT2D eigenvalue weighted by Crippen LogP contribution is -2.41. The number of benzene rings is 1. The van der Waals surface area contributed by atoms with Gasteiger partial charge in [0.1, 0.15) is 11.9 Å². The van der Waals surface area contributed by atoms with Crippen molar-refractivity contribution in [3.8, 4) is 0 Å². The quantitative estimate of drug-likeness (QED) is 0.639. The molecule has 0 aliphatic rings. The van der Waals surface area contributed by atoms with Gasteiger partial charge in [-0.05, 0) is 24.6 Å². The zero-order valence-corrected chi connectivity index (χ0v) is 9.98.